The van der Waals surface area contributed by atoms with Crippen molar-refractivity contribution in [3.63, 3.8) is 0 Å². The Morgan fingerprint density at radius 2 is 1.57 bits per heavy atom. The quantitative estimate of drug-likeness (QED) is 0.398. The standard InChI is InChI=1S/C6H10N/c1-5-3-4-6(2)7-5/h3-6H,1-2H3/t5-,6-/m1/s1. The van der Waals surface area contributed by atoms with Crippen LogP contribution < -0.4 is 5.32 Å². The maximum absolute atomic E-state index is 4.28. The Balaban J connectivity index is 2.42. The summed E-state index contributed by atoms with van der Waals surface area (Å²) in [6.45, 7) is 4.19. The van der Waals surface area contributed by atoms with Crippen molar-refractivity contribution in [3.05, 3.63) is 12.2 Å². The van der Waals surface area contributed by atoms with Gasteiger partial charge in [-0.3, -0.25) is 0 Å². The second-order valence-electron chi connectivity index (χ2n) is 2.02. The normalized spacial score (nSPS) is 39.7. The first kappa shape index (κ1) is 4.85. The van der Waals surface area contributed by atoms with Gasteiger partial charge in [-0.05, 0) is 13.8 Å². The van der Waals surface area contributed by atoms with E-state index >= 15 is 0 Å². The number of hydrogen-bond donors (Lipinski definition) is 0. The van der Waals surface area contributed by atoms with Crippen molar-refractivity contribution in [2.24, 2.45) is 0 Å². The van der Waals surface area contributed by atoms with E-state index in [1.165, 1.54) is 0 Å². The van der Waals surface area contributed by atoms with Gasteiger partial charge in [0.1, 0.15) is 0 Å². The van der Waals surface area contributed by atoms with Gasteiger partial charge in [0, 0.05) is 12.1 Å². The molecule has 1 heterocycles. The van der Waals surface area contributed by atoms with Crippen LogP contribution in [0.3, 0.4) is 0 Å². The largest absolute Gasteiger partial charge is 0.227 e. The third-order valence-corrected chi connectivity index (χ3v) is 1.14. The summed E-state index contributed by atoms with van der Waals surface area (Å²) in [6, 6.07) is 0.935. The fraction of sp³-hybridized carbons (Fsp3) is 0.667. The fourth-order valence-corrected chi connectivity index (χ4v) is 0.792. The Morgan fingerprint density at radius 1 is 1.14 bits per heavy atom. The lowest BCUT2D eigenvalue weighted by Crippen LogP contribution is -2.16. The molecule has 0 N–H and O–H groups in total. The zero-order valence-corrected chi connectivity index (χ0v) is 4.76. The van der Waals surface area contributed by atoms with E-state index < -0.39 is 0 Å². The van der Waals surface area contributed by atoms with Gasteiger partial charge in [-0.25, -0.2) is 5.32 Å². The summed E-state index contributed by atoms with van der Waals surface area (Å²) in [4.78, 5) is 0. The summed E-state index contributed by atoms with van der Waals surface area (Å²) in [6.07, 6.45) is 4.26. The van der Waals surface area contributed by atoms with Crippen LogP contribution >= 0.6 is 0 Å². The average Bonchev–Trinajstić information content (AvgIpc) is 1.87. The van der Waals surface area contributed by atoms with Crippen LogP contribution in [0.15, 0.2) is 12.2 Å². The molecule has 1 radical (unpaired) electrons. The van der Waals surface area contributed by atoms with Crippen LogP contribution in [0.5, 0.6) is 0 Å². The molecule has 1 nitrogen and oxygen atoms in total. The Bertz CT molecular complexity index is 76.2. The van der Waals surface area contributed by atoms with E-state index in [1.807, 2.05) is 0 Å². The molecule has 0 aromatic rings. The molecule has 0 aromatic carbocycles. The van der Waals surface area contributed by atoms with Crippen molar-refractivity contribution in [3.8, 4) is 0 Å². The predicted octanol–water partition coefficient (Wildman–Crippen LogP) is 0.938. The summed E-state index contributed by atoms with van der Waals surface area (Å²) in [5.74, 6) is 0. The lowest BCUT2D eigenvalue weighted by atomic mass is 10.4. The molecule has 0 saturated heterocycles. The van der Waals surface area contributed by atoms with Crippen LogP contribution in [0, 0.1) is 0 Å². The molecule has 0 unspecified atom stereocenters. The molecule has 7 heavy (non-hydrogen) atoms. The maximum Gasteiger partial charge on any atom is 0.0405 e. The number of nitrogens with zero attached hydrogens (tertiary/aromatic N) is 1. The van der Waals surface area contributed by atoms with Crippen molar-refractivity contribution < 1.29 is 0 Å². The minimum absolute atomic E-state index is 0.468. The van der Waals surface area contributed by atoms with Crippen molar-refractivity contribution in [1.82, 2.24) is 5.32 Å². The first-order valence-corrected chi connectivity index (χ1v) is 2.67. The topological polar surface area (TPSA) is 14.1 Å². The van der Waals surface area contributed by atoms with Gasteiger partial charge in [-0.1, -0.05) is 12.2 Å². The van der Waals surface area contributed by atoms with Gasteiger partial charge in [0.2, 0.25) is 0 Å². The lowest BCUT2D eigenvalue weighted by molar-refractivity contribution is 0.613. The van der Waals surface area contributed by atoms with Gasteiger partial charge in [0.25, 0.3) is 0 Å². The molecule has 0 bridgehead atoms. The highest BCUT2D eigenvalue weighted by Crippen LogP contribution is 2.01. The lowest BCUT2D eigenvalue weighted by Gasteiger charge is -1.99. The van der Waals surface area contributed by atoms with Crippen molar-refractivity contribution in [2.45, 2.75) is 25.9 Å². The van der Waals surface area contributed by atoms with Gasteiger partial charge < -0.3 is 0 Å². The molecule has 1 aliphatic heterocycles. The molecule has 1 aliphatic rings. The first-order valence-electron chi connectivity index (χ1n) is 2.67. The maximum atomic E-state index is 4.28. The molecule has 0 fully saturated rings. The Morgan fingerprint density at radius 3 is 1.71 bits per heavy atom. The van der Waals surface area contributed by atoms with Crippen molar-refractivity contribution in [1.29, 1.82) is 0 Å². The molecule has 0 aliphatic carbocycles. The fourth-order valence-electron chi connectivity index (χ4n) is 0.792. The smallest absolute Gasteiger partial charge is 0.0405 e. The van der Waals surface area contributed by atoms with Crippen molar-refractivity contribution in [2.75, 3.05) is 0 Å². The molecule has 2 atom stereocenters. The van der Waals surface area contributed by atoms with E-state index in [0.717, 1.165) is 0 Å². The third-order valence-electron chi connectivity index (χ3n) is 1.14. The van der Waals surface area contributed by atoms with Crippen LogP contribution in [-0.4, -0.2) is 12.1 Å². The number of rotatable bonds is 0. The summed E-state index contributed by atoms with van der Waals surface area (Å²) >= 11 is 0. The Kier molecular flexibility index (Phi) is 1.15. The minimum atomic E-state index is 0.468. The van der Waals surface area contributed by atoms with Crippen LogP contribution in [0.25, 0.3) is 0 Å². The van der Waals surface area contributed by atoms with Gasteiger partial charge in [-0.15, -0.1) is 0 Å². The predicted molar refractivity (Wildman–Crippen MR) is 30.2 cm³/mol. The Hall–Kier alpha value is -0.300. The molecule has 39 valence electrons. The molecule has 0 spiro atoms. The highest BCUT2D eigenvalue weighted by molar-refractivity contribution is 5.04. The van der Waals surface area contributed by atoms with Crippen LogP contribution in [0.2, 0.25) is 0 Å². The second-order valence-corrected chi connectivity index (χ2v) is 2.02. The third kappa shape index (κ3) is 1.03. The van der Waals surface area contributed by atoms with E-state index in [-0.39, 0.29) is 0 Å². The van der Waals surface area contributed by atoms with Gasteiger partial charge in [0.15, 0.2) is 0 Å². The minimum Gasteiger partial charge on any atom is -0.227 e. The van der Waals surface area contributed by atoms with Crippen LogP contribution in [0.4, 0.5) is 0 Å². The first-order chi connectivity index (χ1) is 3.29. The summed E-state index contributed by atoms with van der Waals surface area (Å²) < 4.78 is 0. The van der Waals surface area contributed by atoms with Crippen LogP contribution in [0.1, 0.15) is 13.8 Å². The highest BCUT2D eigenvalue weighted by atomic mass is 14.9. The molecule has 0 amide bonds. The van der Waals surface area contributed by atoms with E-state index in [1.54, 1.807) is 0 Å². The molecule has 0 aromatic heterocycles. The van der Waals surface area contributed by atoms with Gasteiger partial charge in [0.05, 0.1) is 0 Å². The Labute approximate surface area is 44.4 Å². The second kappa shape index (κ2) is 1.66. The molecule has 0 saturated carbocycles. The average molecular weight is 96.2 g/mol. The van der Waals surface area contributed by atoms with E-state index in [4.69, 9.17) is 0 Å². The molecular weight excluding hydrogens is 86.1 g/mol. The van der Waals surface area contributed by atoms with Gasteiger partial charge >= 0.3 is 0 Å². The molecular formula is C6H10N. The van der Waals surface area contributed by atoms with Crippen LogP contribution in [-0.2, 0) is 0 Å². The van der Waals surface area contributed by atoms with E-state index in [2.05, 4.69) is 31.3 Å². The highest BCUT2D eigenvalue weighted by Gasteiger charge is 2.08. The summed E-state index contributed by atoms with van der Waals surface area (Å²) in [5, 5.41) is 4.28. The molecule has 1 heteroatoms. The zero-order valence-electron chi connectivity index (χ0n) is 4.76. The van der Waals surface area contributed by atoms with E-state index in [0.29, 0.717) is 12.1 Å². The monoisotopic (exact) mass is 96.1 g/mol. The molecule has 1 rings (SSSR count). The van der Waals surface area contributed by atoms with E-state index in [9.17, 15) is 0 Å². The van der Waals surface area contributed by atoms with Crippen molar-refractivity contribution >= 4 is 0 Å². The number of hydrogen-bond acceptors (Lipinski definition) is 0. The van der Waals surface area contributed by atoms with Gasteiger partial charge in [-0.2, -0.15) is 0 Å². The summed E-state index contributed by atoms with van der Waals surface area (Å²) in [5.41, 5.74) is 0. The zero-order chi connectivity index (χ0) is 5.28. The summed E-state index contributed by atoms with van der Waals surface area (Å²) in [7, 11) is 0. The SMILES string of the molecule is C[C@@H]1C=C[C@@H](C)[N]1.